The van der Waals surface area contributed by atoms with E-state index in [2.05, 4.69) is 0 Å². The molecule has 2 nitrogen and oxygen atoms in total. The third-order valence-corrected chi connectivity index (χ3v) is 1.97. The van der Waals surface area contributed by atoms with Gasteiger partial charge in [0.1, 0.15) is 5.76 Å². The van der Waals surface area contributed by atoms with Gasteiger partial charge in [-0.15, -0.1) is 0 Å². The Labute approximate surface area is 63.4 Å². The summed E-state index contributed by atoms with van der Waals surface area (Å²) in [4.78, 5) is 0. The summed E-state index contributed by atoms with van der Waals surface area (Å²) < 4.78 is 5.05. The van der Waals surface area contributed by atoms with Crippen LogP contribution in [0.25, 0.3) is 0 Å². The second kappa shape index (κ2) is 3.58. The normalized spacial score (nSPS) is 12.8. The molecule has 1 heterocycles. The molecule has 0 radical (unpaired) electrons. The molecule has 0 aliphatic rings. The van der Waals surface area contributed by atoms with Gasteiger partial charge in [0, 0.05) is 5.75 Å². The quantitative estimate of drug-likeness (QED) is 0.509. The zero-order valence-corrected chi connectivity index (χ0v) is 6.64. The number of aliphatic hydroxyl groups is 1. The lowest BCUT2D eigenvalue weighted by Crippen LogP contribution is -1.81. The molecule has 0 spiro atoms. The van der Waals surface area contributed by atoms with Crippen LogP contribution in [0, 0.1) is 0 Å². The maximum Gasteiger partial charge on any atom is 0.112 e. The average molecular weight is 158 g/mol. The maximum absolute atomic E-state index is 8.81. The minimum atomic E-state index is 0.427. The Morgan fingerprint density at radius 1 is 1.80 bits per heavy atom. The van der Waals surface area contributed by atoms with Crippen LogP contribution in [0.2, 0.25) is 0 Å². The van der Waals surface area contributed by atoms with Crippen molar-refractivity contribution in [1.82, 2.24) is 0 Å². The number of hydrogen-bond acceptors (Lipinski definition) is 1. The summed E-state index contributed by atoms with van der Waals surface area (Å²) in [5.74, 6) is 1.67. The number of rotatable bonds is 2. The van der Waals surface area contributed by atoms with E-state index in [4.69, 9.17) is 9.52 Å². The smallest absolute Gasteiger partial charge is 0.112 e. The topological polar surface area (TPSA) is 33.4 Å². The molecule has 0 atom stereocenters. The fraction of sp³-hybridized carbons (Fsp3) is 0.286. The van der Waals surface area contributed by atoms with Gasteiger partial charge in [0.15, 0.2) is 0 Å². The van der Waals surface area contributed by atoms with E-state index in [1.807, 2.05) is 12.1 Å². The van der Waals surface area contributed by atoms with Gasteiger partial charge in [-0.25, -0.2) is 0 Å². The van der Waals surface area contributed by atoms with Gasteiger partial charge < -0.3 is 9.52 Å². The first-order valence-electron chi connectivity index (χ1n) is 3.01. The predicted octanol–water partition coefficient (Wildman–Crippen LogP) is 1.95. The SMILES string of the molecule is CC(O)=[SH]Cc1ccco1. The van der Waals surface area contributed by atoms with Crippen LogP contribution >= 0.6 is 11.4 Å². The molecule has 0 bridgehead atoms. The Hall–Kier alpha value is -0.540. The third kappa shape index (κ3) is 2.37. The molecule has 1 N–H and O–H groups in total. The molecule has 0 unspecified atom stereocenters. The number of hydrogen-bond donors (Lipinski definition) is 2. The molecule has 1 aromatic heterocycles. The second-order valence-electron chi connectivity index (χ2n) is 1.94. The van der Waals surface area contributed by atoms with Crippen LogP contribution in [0.15, 0.2) is 22.8 Å². The summed E-state index contributed by atoms with van der Waals surface area (Å²) >= 11 is 0.914. The van der Waals surface area contributed by atoms with Crippen LogP contribution in [-0.4, -0.2) is 10.2 Å². The monoisotopic (exact) mass is 158 g/mol. The van der Waals surface area contributed by atoms with Crippen molar-refractivity contribution in [1.29, 1.82) is 0 Å². The highest BCUT2D eigenvalue weighted by Gasteiger charge is 1.89. The van der Waals surface area contributed by atoms with Crippen LogP contribution in [0.4, 0.5) is 0 Å². The second-order valence-corrected chi connectivity index (χ2v) is 3.22. The minimum absolute atomic E-state index is 0.427. The van der Waals surface area contributed by atoms with Gasteiger partial charge in [0.05, 0.1) is 11.3 Å². The number of aliphatic hydroxyl groups excluding tert-OH is 1. The van der Waals surface area contributed by atoms with E-state index in [0.29, 0.717) is 5.05 Å². The molecule has 1 rings (SSSR count). The molecule has 0 fully saturated rings. The first-order chi connectivity index (χ1) is 4.79. The summed E-state index contributed by atoms with van der Waals surface area (Å²) in [6, 6.07) is 3.74. The molecule has 10 heavy (non-hydrogen) atoms. The van der Waals surface area contributed by atoms with Crippen molar-refractivity contribution in [3.8, 4) is 0 Å². The van der Waals surface area contributed by atoms with Gasteiger partial charge in [0.2, 0.25) is 0 Å². The van der Waals surface area contributed by atoms with E-state index in [1.165, 1.54) is 0 Å². The van der Waals surface area contributed by atoms with Crippen molar-refractivity contribution in [2.75, 3.05) is 0 Å². The van der Waals surface area contributed by atoms with Gasteiger partial charge in [-0.1, -0.05) is 0 Å². The standard InChI is InChI=1S/C7H10O2S/c1-6(8)10-5-7-3-2-4-9-7/h2-4,8,10H,5H2,1H3. The zero-order valence-electron chi connectivity index (χ0n) is 5.74. The molecule has 1 aromatic rings. The van der Waals surface area contributed by atoms with Crippen molar-refractivity contribution in [2.45, 2.75) is 12.7 Å². The third-order valence-electron chi connectivity index (χ3n) is 1.04. The van der Waals surface area contributed by atoms with Crippen molar-refractivity contribution in [3.05, 3.63) is 24.2 Å². The van der Waals surface area contributed by atoms with Gasteiger partial charge in [-0.3, -0.25) is 0 Å². The molecule has 0 saturated carbocycles. The van der Waals surface area contributed by atoms with Crippen LogP contribution in [0.1, 0.15) is 12.7 Å². The van der Waals surface area contributed by atoms with E-state index in [9.17, 15) is 0 Å². The Kier molecular flexibility index (Phi) is 2.71. The highest BCUT2D eigenvalue weighted by atomic mass is 32.1. The van der Waals surface area contributed by atoms with E-state index in [-0.39, 0.29) is 0 Å². The summed E-state index contributed by atoms with van der Waals surface area (Å²) in [5, 5.41) is 9.24. The van der Waals surface area contributed by atoms with Gasteiger partial charge in [-0.2, -0.15) is 11.4 Å². The van der Waals surface area contributed by atoms with E-state index in [1.54, 1.807) is 13.2 Å². The van der Waals surface area contributed by atoms with Crippen molar-refractivity contribution < 1.29 is 9.52 Å². The lowest BCUT2D eigenvalue weighted by Gasteiger charge is -1.88. The van der Waals surface area contributed by atoms with Crippen LogP contribution < -0.4 is 0 Å². The lowest BCUT2D eigenvalue weighted by atomic mass is 10.5. The molecule has 56 valence electrons. The molecular weight excluding hydrogens is 148 g/mol. The Morgan fingerprint density at radius 3 is 3.10 bits per heavy atom. The van der Waals surface area contributed by atoms with E-state index < -0.39 is 0 Å². The van der Waals surface area contributed by atoms with Crippen LogP contribution in [0.3, 0.4) is 0 Å². The first kappa shape index (κ1) is 7.57. The Balaban J connectivity index is 2.49. The fourth-order valence-corrected chi connectivity index (χ4v) is 1.16. The fourth-order valence-electron chi connectivity index (χ4n) is 0.595. The minimum Gasteiger partial charge on any atom is -0.469 e. The Morgan fingerprint density at radius 2 is 2.60 bits per heavy atom. The van der Waals surface area contributed by atoms with E-state index >= 15 is 0 Å². The number of thiol groups is 1. The molecule has 3 heteroatoms. The average Bonchev–Trinajstić information content (AvgIpc) is 2.34. The summed E-state index contributed by atoms with van der Waals surface area (Å²) in [6.07, 6.45) is 1.64. The molecule has 0 aromatic carbocycles. The van der Waals surface area contributed by atoms with Crippen LogP contribution in [-0.2, 0) is 5.75 Å². The van der Waals surface area contributed by atoms with Gasteiger partial charge in [0.25, 0.3) is 0 Å². The molecule has 0 saturated heterocycles. The van der Waals surface area contributed by atoms with Gasteiger partial charge >= 0.3 is 0 Å². The van der Waals surface area contributed by atoms with Crippen molar-refractivity contribution in [2.24, 2.45) is 0 Å². The lowest BCUT2D eigenvalue weighted by molar-refractivity contribution is 0.530. The molecular formula is C7H10O2S. The maximum atomic E-state index is 8.81. The predicted molar refractivity (Wildman–Crippen MR) is 44.7 cm³/mol. The van der Waals surface area contributed by atoms with E-state index in [0.717, 1.165) is 22.9 Å². The van der Waals surface area contributed by atoms with Gasteiger partial charge in [-0.05, 0) is 19.1 Å². The number of furan rings is 1. The van der Waals surface area contributed by atoms with Crippen LogP contribution in [0.5, 0.6) is 0 Å². The summed E-state index contributed by atoms with van der Waals surface area (Å²) in [6.45, 7) is 1.69. The Bertz CT molecular complexity index is 210. The summed E-state index contributed by atoms with van der Waals surface area (Å²) in [7, 11) is 0. The molecule has 0 amide bonds. The highest BCUT2D eigenvalue weighted by Crippen LogP contribution is 2.06. The highest BCUT2D eigenvalue weighted by molar-refractivity contribution is 7.97. The molecule has 0 aliphatic carbocycles. The molecule has 0 aliphatic heterocycles. The van der Waals surface area contributed by atoms with Crippen molar-refractivity contribution in [3.63, 3.8) is 0 Å². The first-order valence-corrected chi connectivity index (χ1v) is 4.09. The largest absolute Gasteiger partial charge is 0.469 e. The van der Waals surface area contributed by atoms with Crippen molar-refractivity contribution >= 4 is 16.4 Å². The zero-order chi connectivity index (χ0) is 7.40. The summed E-state index contributed by atoms with van der Waals surface area (Å²) in [5.41, 5.74) is 0.